The largest absolute Gasteiger partial charge is 0.493 e. The molecule has 0 saturated heterocycles. The third-order valence-corrected chi connectivity index (χ3v) is 5.13. The van der Waals surface area contributed by atoms with E-state index in [2.05, 4.69) is 90.8 Å². The van der Waals surface area contributed by atoms with Gasteiger partial charge in [-0.2, -0.15) is 0 Å². The molecule has 0 spiro atoms. The van der Waals surface area contributed by atoms with E-state index in [9.17, 15) is 0 Å². The molecule has 0 aliphatic carbocycles. The molecule has 0 unspecified atom stereocenters. The highest BCUT2D eigenvalue weighted by molar-refractivity contribution is 6.02. The van der Waals surface area contributed by atoms with Crippen molar-refractivity contribution >= 4 is 21.5 Å². The fourth-order valence-corrected chi connectivity index (χ4v) is 3.69. The lowest BCUT2D eigenvalue weighted by Gasteiger charge is -2.11. The molecule has 0 heterocycles. The molecular formula is C26H26NO+. The van der Waals surface area contributed by atoms with Crippen LogP contribution >= 0.6 is 0 Å². The minimum Gasteiger partial charge on any atom is -0.493 e. The molecule has 0 aliphatic rings. The number of nitrogens with two attached hydrogens (primary N) is 1. The van der Waals surface area contributed by atoms with Crippen LogP contribution in [0, 0.1) is 0 Å². The summed E-state index contributed by atoms with van der Waals surface area (Å²) in [6, 6.07) is 28.1. The quantitative estimate of drug-likeness (QED) is 0.258. The third kappa shape index (κ3) is 4.08. The summed E-state index contributed by atoms with van der Waals surface area (Å²) in [7, 11) is 0. The Balaban J connectivity index is 1.48. The number of rotatable bonds is 8. The summed E-state index contributed by atoms with van der Waals surface area (Å²) >= 11 is 0. The van der Waals surface area contributed by atoms with Gasteiger partial charge in [0.25, 0.3) is 0 Å². The van der Waals surface area contributed by atoms with Crippen molar-refractivity contribution in [1.82, 2.24) is 0 Å². The molecule has 2 N–H and O–H groups in total. The second kappa shape index (κ2) is 8.73. The summed E-state index contributed by atoms with van der Waals surface area (Å²) in [5, 5.41) is 7.70. The maximum atomic E-state index is 5.69. The van der Waals surface area contributed by atoms with Gasteiger partial charge in [0.1, 0.15) is 18.8 Å². The van der Waals surface area contributed by atoms with Gasteiger partial charge >= 0.3 is 0 Å². The minimum atomic E-state index is 0.684. The predicted octanol–water partition coefficient (Wildman–Crippen LogP) is 5.21. The molecule has 0 fully saturated rings. The Morgan fingerprint density at radius 1 is 0.786 bits per heavy atom. The van der Waals surface area contributed by atoms with E-state index >= 15 is 0 Å². The molecule has 0 saturated carbocycles. The molecule has 0 aromatic heterocycles. The van der Waals surface area contributed by atoms with Crippen molar-refractivity contribution in [3.8, 4) is 5.75 Å². The second-order valence-corrected chi connectivity index (χ2v) is 7.06. The van der Waals surface area contributed by atoms with E-state index in [1.807, 2.05) is 6.08 Å². The number of hydrogen-bond donors (Lipinski definition) is 1. The van der Waals surface area contributed by atoms with Crippen LogP contribution in [0.15, 0.2) is 91.5 Å². The zero-order valence-corrected chi connectivity index (χ0v) is 16.1. The van der Waals surface area contributed by atoms with Crippen molar-refractivity contribution in [1.29, 1.82) is 0 Å². The van der Waals surface area contributed by atoms with Gasteiger partial charge in [-0.15, -0.1) is 6.58 Å². The number of quaternary nitrogens is 1. The summed E-state index contributed by atoms with van der Waals surface area (Å²) < 4.78 is 5.69. The van der Waals surface area contributed by atoms with E-state index < -0.39 is 0 Å². The van der Waals surface area contributed by atoms with Gasteiger partial charge in [0, 0.05) is 11.1 Å². The van der Waals surface area contributed by atoms with Gasteiger partial charge in [-0.25, -0.2) is 0 Å². The van der Waals surface area contributed by atoms with Crippen molar-refractivity contribution in [2.75, 3.05) is 6.61 Å². The van der Waals surface area contributed by atoms with Crippen molar-refractivity contribution in [2.45, 2.75) is 19.5 Å². The molecule has 4 rings (SSSR count). The molecular weight excluding hydrogens is 342 g/mol. The highest BCUT2D eigenvalue weighted by Gasteiger charge is 2.09. The monoisotopic (exact) mass is 368 g/mol. The summed E-state index contributed by atoms with van der Waals surface area (Å²) in [5.74, 6) is 0.922. The fourth-order valence-electron chi connectivity index (χ4n) is 3.69. The molecule has 0 aliphatic heterocycles. The van der Waals surface area contributed by atoms with Gasteiger partial charge in [0.15, 0.2) is 0 Å². The van der Waals surface area contributed by atoms with Crippen LogP contribution in [0.2, 0.25) is 0 Å². The SMILES string of the molecule is C=CCCOc1ccc(C[NH2+]Cc2c3ccccc3cc3ccccc23)cc1. The van der Waals surface area contributed by atoms with E-state index in [4.69, 9.17) is 4.74 Å². The number of fused-ring (bicyclic) bond motifs is 2. The van der Waals surface area contributed by atoms with Crippen LogP contribution in [-0.4, -0.2) is 6.61 Å². The van der Waals surface area contributed by atoms with Crippen molar-refractivity contribution < 1.29 is 10.1 Å². The van der Waals surface area contributed by atoms with Gasteiger partial charge in [-0.05, 0) is 58.3 Å². The molecule has 2 heteroatoms. The van der Waals surface area contributed by atoms with Gasteiger partial charge < -0.3 is 10.1 Å². The Hall–Kier alpha value is -3.10. The average molecular weight is 368 g/mol. The highest BCUT2D eigenvalue weighted by Crippen LogP contribution is 2.27. The zero-order valence-electron chi connectivity index (χ0n) is 16.1. The second-order valence-electron chi connectivity index (χ2n) is 7.06. The van der Waals surface area contributed by atoms with Crippen LogP contribution in [0.1, 0.15) is 17.5 Å². The fraction of sp³-hybridized carbons (Fsp3) is 0.154. The molecule has 0 bridgehead atoms. The lowest BCUT2D eigenvalue weighted by molar-refractivity contribution is -0.685. The van der Waals surface area contributed by atoms with Crippen molar-refractivity contribution in [3.05, 3.63) is 103 Å². The summed E-state index contributed by atoms with van der Waals surface area (Å²) in [4.78, 5) is 0. The average Bonchev–Trinajstić information content (AvgIpc) is 2.74. The maximum Gasteiger partial charge on any atom is 0.119 e. The van der Waals surface area contributed by atoms with Crippen LogP contribution < -0.4 is 10.1 Å². The summed E-state index contributed by atoms with van der Waals surface area (Å²) in [5.41, 5.74) is 2.72. The number of ether oxygens (including phenoxy) is 1. The molecule has 0 radical (unpaired) electrons. The van der Waals surface area contributed by atoms with Crippen LogP contribution in [0.25, 0.3) is 21.5 Å². The van der Waals surface area contributed by atoms with E-state index in [0.717, 1.165) is 25.3 Å². The Bertz CT molecular complexity index is 1030. The molecule has 0 atom stereocenters. The van der Waals surface area contributed by atoms with E-state index in [1.165, 1.54) is 32.7 Å². The van der Waals surface area contributed by atoms with E-state index in [0.29, 0.717) is 6.61 Å². The first-order chi connectivity index (χ1) is 13.8. The lowest BCUT2D eigenvalue weighted by Crippen LogP contribution is -2.80. The third-order valence-electron chi connectivity index (χ3n) is 5.13. The molecule has 4 aromatic carbocycles. The Labute approximate surface area is 166 Å². The smallest absolute Gasteiger partial charge is 0.119 e. The first kappa shape index (κ1) is 18.3. The Kier molecular flexibility index (Phi) is 5.69. The number of hydrogen-bond acceptors (Lipinski definition) is 1. The van der Waals surface area contributed by atoms with Crippen LogP contribution in [0.5, 0.6) is 5.75 Å². The van der Waals surface area contributed by atoms with Gasteiger partial charge in [0.05, 0.1) is 6.61 Å². The van der Waals surface area contributed by atoms with E-state index in [-0.39, 0.29) is 0 Å². The topological polar surface area (TPSA) is 25.8 Å². The molecule has 4 aromatic rings. The van der Waals surface area contributed by atoms with Crippen molar-refractivity contribution in [2.24, 2.45) is 0 Å². The zero-order chi connectivity index (χ0) is 19.2. The lowest BCUT2D eigenvalue weighted by atomic mass is 9.97. The summed E-state index contributed by atoms with van der Waals surface area (Å²) in [6.45, 7) is 6.31. The minimum absolute atomic E-state index is 0.684. The van der Waals surface area contributed by atoms with Gasteiger partial charge in [-0.3, -0.25) is 0 Å². The highest BCUT2D eigenvalue weighted by atomic mass is 16.5. The molecule has 140 valence electrons. The van der Waals surface area contributed by atoms with Crippen molar-refractivity contribution in [3.63, 3.8) is 0 Å². The normalized spacial score (nSPS) is 11.0. The standard InChI is InChI=1S/C26H25NO/c1-2-3-16-28-23-14-12-20(13-15-23)18-27-19-26-24-10-6-4-8-21(24)17-22-9-5-7-11-25(22)26/h2,4-15,17,27H,1,3,16,18-19H2/p+1. The summed E-state index contributed by atoms with van der Waals surface area (Å²) in [6.07, 6.45) is 2.74. The number of benzene rings is 4. The van der Waals surface area contributed by atoms with Gasteiger partial charge in [0.2, 0.25) is 0 Å². The predicted molar refractivity (Wildman–Crippen MR) is 118 cm³/mol. The molecule has 2 nitrogen and oxygen atoms in total. The Morgan fingerprint density at radius 2 is 1.43 bits per heavy atom. The van der Waals surface area contributed by atoms with Crippen LogP contribution in [0.3, 0.4) is 0 Å². The van der Waals surface area contributed by atoms with Gasteiger partial charge in [-0.1, -0.05) is 54.6 Å². The first-order valence-corrected chi connectivity index (χ1v) is 9.89. The Morgan fingerprint density at radius 3 is 2.07 bits per heavy atom. The first-order valence-electron chi connectivity index (χ1n) is 9.89. The van der Waals surface area contributed by atoms with Crippen LogP contribution in [0.4, 0.5) is 0 Å². The molecule has 28 heavy (non-hydrogen) atoms. The maximum absolute atomic E-state index is 5.69. The van der Waals surface area contributed by atoms with E-state index in [1.54, 1.807) is 0 Å². The van der Waals surface area contributed by atoms with Crippen LogP contribution in [-0.2, 0) is 13.1 Å². The molecule has 0 amide bonds.